The fourth-order valence-corrected chi connectivity index (χ4v) is 4.39. The number of halogens is 1. The van der Waals surface area contributed by atoms with Crippen molar-refractivity contribution in [2.45, 2.75) is 44.5 Å². The largest absolute Gasteiger partial charge is 0.494 e. The molecule has 2 N–H and O–H groups in total. The molecule has 1 saturated heterocycles. The average molecular weight is 433 g/mol. The molecular formula is C23H25ClO6. The Kier molecular flexibility index (Phi) is 6.29. The van der Waals surface area contributed by atoms with Gasteiger partial charge in [0.1, 0.15) is 11.5 Å². The van der Waals surface area contributed by atoms with Gasteiger partial charge in [-0.15, -0.1) is 0 Å². The number of fused-ring (bicyclic) bond motifs is 1. The summed E-state index contributed by atoms with van der Waals surface area (Å²) in [6.07, 6.45) is -0.341. The summed E-state index contributed by atoms with van der Waals surface area (Å²) in [6, 6.07) is 9.65. The maximum absolute atomic E-state index is 12.5. The maximum atomic E-state index is 12.5. The zero-order chi connectivity index (χ0) is 21.3. The van der Waals surface area contributed by atoms with Crippen LogP contribution >= 0.6 is 11.6 Å². The van der Waals surface area contributed by atoms with E-state index in [1.54, 1.807) is 0 Å². The molecule has 2 aliphatic rings. The van der Waals surface area contributed by atoms with Crippen LogP contribution < -0.4 is 9.47 Å². The van der Waals surface area contributed by atoms with Crippen LogP contribution in [-0.4, -0.2) is 48.0 Å². The van der Waals surface area contributed by atoms with E-state index in [9.17, 15) is 15.0 Å². The quantitative estimate of drug-likeness (QED) is 0.727. The molecule has 0 amide bonds. The molecule has 6 nitrogen and oxygen atoms in total. The van der Waals surface area contributed by atoms with E-state index in [1.807, 2.05) is 37.3 Å². The van der Waals surface area contributed by atoms with Crippen molar-refractivity contribution in [1.29, 1.82) is 0 Å². The summed E-state index contributed by atoms with van der Waals surface area (Å²) in [7, 11) is 0. The molecule has 0 saturated carbocycles. The van der Waals surface area contributed by atoms with Gasteiger partial charge in [0, 0.05) is 12.8 Å². The van der Waals surface area contributed by atoms with E-state index in [-0.39, 0.29) is 19.0 Å². The van der Waals surface area contributed by atoms with Crippen molar-refractivity contribution in [2.75, 3.05) is 19.8 Å². The van der Waals surface area contributed by atoms with Crippen LogP contribution in [-0.2, 0) is 11.2 Å². The van der Waals surface area contributed by atoms with Crippen molar-refractivity contribution in [1.82, 2.24) is 0 Å². The number of aliphatic hydroxyl groups is 2. The molecule has 4 rings (SSSR count). The number of hydrogen-bond donors (Lipinski definition) is 2. The minimum absolute atomic E-state index is 0.0622. The van der Waals surface area contributed by atoms with Crippen LogP contribution in [0.4, 0.5) is 0 Å². The van der Waals surface area contributed by atoms with Crippen LogP contribution in [0.15, 0.2) is 30.3 Å². The molecule has 2 aromatic rings. The summed E-state index contributed by atoms with van der Waals surface area (Å²) in [5.74, 6) is 1.03. The van der Waals surface area contributed by atoms with Crippen LogP contribution in [0.2, 0.25) is 5.02 Å². The summed E-state index contributed by atoms with van der Waals surface area (Å²) < 4.78 is 17.1. The first-order chi connectivity index (χ1) is 14.5. The average Bonchev–Trinajstić information content (AvgIpc) is 3.13. The van der Waals surface area contributed by atoms with Gasteiger partial charge in [0.2, 0.25) is 5.78 Å². The number of Topliss-reactive ketones (excluding diaryl/α,β-unsaturated/α-hetero) is 1. The van der Waals surface area contributed by atoms with E-state index in [1.165, 1.54) is 0 Å². The lowest BCUT2D eigenvalue weighted by Gasteiger charge is -2.33. The maximum Gasteiger partial charge on any atom is 0.204 e. The second kappa shape index (κ2) is 8.94. The third kappa shape index (κ3) is 4.18. The van der Waals surface area contributed by atoms with Gasteiger partial charge in [0.25, 0.3) is 0 Å². The number of ether oxygens (including phenoxy) is 3. The van der Waals surface area contributed by atoms with Gasteiger partial charge in [-0.05, 0) is 42.2 Å². The number of aliphatic hydroxyl groups excluding tert-OH is 2. The Morgan fingerprint density at radius 1 is 1.23 bits per heavy atom. The fourth-order valence-electron chi connectivity index (χ4n) is 4.12. The van der Waals surface area contributed by atoms with Crippen LogP contribution in [0.1, 0.15) is 52.9 Å². The van der Waals surface area contributed by atoms with Crippen molar-refractivity contribution in [3.8, 4) is 11.5 Å². The minimum atomic E-state index is -0.612. The highest BCUT2D eigenvalue weighted by molar-refractivity contribution is 6.34. The second-order valence-electron chi connectivity index (χ2n) is 7.66. The lowest BCUT2D eigenvalue weighted by Crippen LogP contribution is -2.34. The van der Waals surface area contributed by atoms with Gasteiger partial charge >= 0.3 is 0 Å². The Hall–Kier alpha value is -2.12. The molecule has 3 atom stereocenters. The van der Waals surface area contributed by atoms with E-state index < -0.39 is 18.3 Å². The fraction of sp³-hybridized carbons (Fsp3) is 0.435. The van der Waals surface area contributed by atoms with Gasteiger partial charge in [0.15, 0.2) is 6.61 Å². The topological polar surface area (TPSA) is 85.2 Å². The highest BCUT2D eigenvalue weighted by atomic mass is 35.5. The monoisotopic (exact) mass is 432 g/mol. The zero-order valence-electron chi connectivity index (χ0n) is 16.8. The van der Waals surface area contributed by atoms with Gasteiger partial charge in [-0.1, -0.05) is 29.8 Å². The minimum Gasteiger partial charge on any atom is -0.494 e. The highest BCUT2D eigenvalue weighted by Gasteiger charge is 2.36. The summed E-state index contributed by atoms with van der Waals surface area (Å²) in [5.41, 5.74) is 2.93. The molecule has 2 aliphatic heterocycles. The summed E-state index contributed by atoms with van der Waals surface area (Å²) in [5, 5.41) is 20.2. The smallest absolute Gasteiger partial charge is 0.204 e. The van der Waals surface area contributed by atoms with E-state index >= 15 is 0 Å². The predicted molar refractivity (Wildman–Crippen MR) is 112 cm³/mol. The molecular weight excluding hydrogens is 408 g/mol. The summed E-state index contributed by atoms with van der Waals surface area (Å²) in [4.78, 5) is 12.5. The van der Waals surface area contributed by atoms with E-state index in [4.69, 9.17) is 25.8 Å². The molecule has 0 aliphatic carbocycles. The normalized spacial score (nSPS) is 23.2. The van der Waals surface area contributed by atoms with Gasteiger partial charge in [-0.3, -0.25) is 4.79 Å². The Balaban J connectivity index is 1.70. The highest BCUT2D eigenvalue weighted by Crippen LogP contribution is 2.44. The summed E-state index contributed by atoms with van der Waals surface area (Å²) in [6.45, 7) is 2.29. The van der Waals surface area contributed by atoms with Gasteiger partial charge in [-0.2, -0.15) is 0 Å². The Bertz CT molecular complexity index is 926. The van der Waals surface area contributed by atoms with E-state index in [2.05, 4.69) is 0 Å². The Morgan fingerprint density at radius 2 is 2.00 bits per heavy atom. The first-order valence-corrected chi connectivity index (χ1v) is 10.5. The molecule has 2 heterocycles. The molecule has 0 spiro atoms. The van der Waals surface area contributed by atoms with Crippen molar-refractivity contribution < 1.29 is 29.2 Å². The van der Waals surface area contributed by atoms with Crippen LogP contribution in [0, 0.1) is 0 Å². The third-order valence-electron chi connectivity index (χ3n) is 5.51. The Morgan fingerprint density at radius 3 is 2.70 bits per heavy atom. The number of carbonyl (C=O) groups is 1. The van der Waals surface area contributed by atoms with Gasteiger partial charge < -0.3 is 24.4 Å². The number of ketones is 1. The molecule has 0 radical (unpaired) electrons. The van der Waals surface area contributed by atoms with Crippen LogP contribution in [0.5, 0.6) is 11.5 Å². The van der Waals surface area contributed by atoms with Gasteiger partial charge in [-0.25, -0.2) is 0 Å². The van der Waals surface area contributed by atoms with Crippen molar-refractivity contribution >= 4 is 17.4 Å². The SMILES string of the molecule is CCOc1ccc(Cc2cc(C3CC(O)CC(CO)O3)c3c(c2Cl)OCC3=O)cc1. The lowest BCUT2D eigenvalue weighted by atomic mass is 9.89. The molecule has 160 valence electrons. The number of carbonyl (C=O) groups excluding carboxylic acids is 1. The van der Waals surface area contributed by atoms with Crippen molar-refractivity contribution in [3.63, 3.8) is 0 Å². The standard InChI is InChI=1S/C23H25ClO6/c1-2-28-16-5-3-13(4-6-16)7-14-8-18(20-10-15(26)9-17(11-25)30-20)21-19(27)12-29-23(21)22(14)24/h3-6,8,15,17,20,25-26H,2,7,9-12H2,1H3. The predicted octanol–water partition coefficient (Wildman–Crippen LogP) is 3.48. The summed E-state index contributed by atoms with van der Waals surface area (Å²) >= 11 is 6.61. The molecule has 3 unspecified atom stereocenters. The van der Waals surface area contributed by atoms with Crippen LogP contribution in [0.25, 0.3) is 0 Å². The van der Waals surface area contributed by atoms with Crippen LogP contribution in [0.3, 0.4) is 0 Å². The Labute approximate surface area is 180 Å². The number of hydrogen-bond acceptors (Lipinski definition) is 6. The molecule has 2 aromatic carbocycles. The molecule has 1 fully saturated rings. The zero-order valence-corrected chi connectivity index (χ0v) is 17.5. The number of rotatable bonds is 6. The van der Waals surface area contributed by atoms with Crippen molar-refractivity contribution in [2.24, 2.45) is 0 Å². The second-order valence-corrected chi connectivity index (χ2v) is 8.04. The molecule has 30 heavy (non-hydrogen) atoms. The molecule has 0 aromatic heterocycles. The molecule has 0 bridgehead atoms. The lowest BCUT2D eigenvalue weighted by molar-refractivity contribution is -0.114. The van der Waals surface area contributed by atoms with E-state index in [0.29, 0.717) is 47.8 Å². The van der Waals surface area contributed by atoms with E-state index in [0.717, 1.165) is 16.9 Å². The number of benzene rings is 2. The first-order valence-electron chi connectivity index (χ1n) is 10.2. The third-order valence-corrected chi connectivity index (χ3v) is 5.92. The first kappa shape index (κ1) is 21.1. The van der Waals surface area contributed by atoms with Crippen molar-refractivity contribution in [3.05, 3.63) is 57.6 Å². The molecule has 7 heteroatoms. The van der Waals surface area contributed by atoms with Gasteiger partial charge in [0.05, 0.1) is 42.1 Å².